The largest absolute Gasteiger partial charge is 0.274 e. The van der Waals surface area contributed by atoms with Crippen molar-refractivity contribution in [2.24, 2.45) is 52.4 Å². The summed E-state index contributed by atoms with van der Waals surface area (Å²) in [6, 6.07) is 20.4. The maximum Gasteiger partial charge on any atom is 0.254 e. The summed E-state index contributed by atoms with van der Waals surface area (Å²) < 4.78 is 0. The van der Waals surface area contributed by atoms with E-state index in [1.54, 1.807) is 18.3 Å². The molecule has 222 valence electrons. The molecule has 7 nitrogen and oxygen atoms in total. The van der Waals surface area contributed by atoms with Crippen LogP contribution in [-0.4, -0.2) is 34.9 Å². The molecule has 4 bridgehead atoms. The minimum Gasteiger partial charge on any atom is -0.274 e. The molecule has 0 radical (unpaired) electrons. The molecular formula is C36H25Cl2N3O4. The lowest BCUT2D eigenvalue weighted by atomic mass is 9.47. The van der Waals surface area contributed by atoms with E-state index < -0.39 is 35.0 Å². The van der Waals surface area contributed by atoms with E-state index in [0.717, 1.165) is 33.7 Å². The van der Waals surface area contributed by atoms with Gasteiger partial charge in [0.05, 0.1) is 39.8 Å². The van der Waals surface area contributed by atoms with Gasteiger partial charge in [0.25, 0.3) is 11.8 Å². The van der Waals surface area contributed by atoms with Crippen molar-refractivity contribution in [3.63, 3.8) is 0 Å². The fraction of sp³-hybridized carbons (Fsp3) is 0.306. The van der Waals surface area contributed by atoms with Crippen LogP contribution in [0.15, 0.2) is 84.0 Å². The summed E-state index contributed by atoms with van der Waals surface area (Å²) in [5, 5.41) is 6.40. The van der Waals surface area contributed by atoms with Crippen molar-refractivity contribution in [1.29, 1.82) is 0 Å². The van der Waals surface area contributed by atoms with Crippen LogP contribution in [0.5, 0.6) is 0 Å². The van der Waals surface area contributed by atoms with Crippen LogP contribution < -0.4 is 4.90 Å². The van der Waals surface area contributed by atoms with Crippen LogP contribution in [0, 0.1) is 47.3 Å². The van der Waals surface area contributed by atoms with Crippen LogP contribution in [0.4, 0.5) is 5.69 Å². The van der Waals surface area contributed by atoms with Crippen molar-refractivity contribution >= 4 is 58.7 Å². The van der Waals surface area contributed by atoms with Gasteiger partial charge in [0.15, 0.2) is 0 Å². The Morgan fingerprint density at radius 3 is 1.93 bits per heavy atom. The smallest absolute Gasteiger partial charge is 0.254 e. The van der Waals surface area contributed by atoms with E-state index in [4.69, 9.17) is 28.3 Å². The number of anilines is 1. The highest BCUT2D eigenvalue weighted by atomic mass is 35.5. The van der Waals surface area contributed by atoms with Crippen LogP contribution >= 0.6 is 23.2 Å². The van der Waals surface area contributed by atoms with Crippen LogP contribution in [0.3, 0.4) is 0 Å². The molecule has 4 amide bonds. The summed E-state index contributed by atoms with van der Waals surface area (Å²) in [7, 11) is 0. The van der Waals surface area contributed by atoms with E-state index >= 15 is 0 Å². The number of hydrazone groups is 1. The van der Waals surface area contributed by atoms with Crippen LogP contribution in [0.2, 0.25) is 10.0 Å². The van der Waals surface area contributed by atoms with E-state index in [9.17, 15) is 19.2 Å². The van der Waals surface area contributed by atoms with Gasteiger partial charge in [-0.05, 0) is 70.5 Å². The number of carbonyl (C=O) groups is 4. The Labute approximate surface area is 268 Å². The number of hydrogen-bond donors (Lipinski definition) is 0. The molecular weight excluding hydrogens is 609 g/mol. The van der Waals surface area contributed by atoms with Gasteiger partial charge in [0.1, 0.15) is 0 Å². The predicted molar refractivity (Wildman–Crippen MR) is 166 cm³/mol. The molecule has 0 N–H and O–H groups in total. The van der Waals surface area contributed by atoms with Gasteiger partial charge in [-0.1, -0.05) is 83.9 Å². The minimum atomic E-state index is -1.21. The van der Waals surface area contributed by atoms with Gasteiger partial charge in [-0.2, -0.15) is 10.1 Å². The molecule has 3 aromatic carbocycles. The van der Waals surface area contributed by atoms with Crippen molar-refractivity contribution in [2.45, 2.75) is 17.8 Å². The minimum absolute atomic E-state index is 0.0717. The zero-order valence-electron chi connectivity index (χ0n) is 23.7. The Hall–Kier alpha value is -4.07. The summed E-state index contributed by atoms with van der Waals surface area (Å²) >= 11 is 12.7. The van der Waals surface area contributed by atoms with Gasteiger partial charge in [-0.3, -0.25) is 19.2 Å². The summed E-state index contributed by atoms with van der Waals surface area (Å²) in [6.07, 6.45) is 6.97. The molecule has 2 saturated carbocycles. The number of benzene rings is 3. The van der Waals surface area contributed by atoms with Gasteiger partial charge in [0, 0.05) is 17.2 Å². The summed E-state index contributed by atoms with van der Waals surface area (Å²) in [5.74, 6) is -2.94. The number of halogens is 2. The molecule has 9 heteroatoms. The van der Waals surface area contributed by atoms with Gasteiger partial charge in [0.2, 0.25) is 11.8 Å². The fourth-order valence-electron chi connectivity index (χ4n) is 10.2. The Kier molecular flexibility index (Phi) is 5.00. The fourth-order valence-corrected chi connectivity index (χ4v) is 10.6. The third kappa shape index (κ3) is 3.02. The number of allylic oxidation sites excluding steroid dienone is 2. The maximum absolute atomic E-state index is 14.7. The lowest BCUT2D eigenvalue weighted by molar-refractivity contribution is -0.140. The number of rotatable bonds is 3. The van der Waals surface area contributed by atoms with E-state index in [-0.39, 0.29) is 46.2 Å². The van der Waals surface area contributed by atoms with E-state index in [0.29, 0.717) is 16.9 Å². The molecule has 3 aromatic rings. The molecule has 9 aliphatic rings. The van der Waals surface area contributed by atoms with Crippen molar-refractivity contribution < 1.29 is 19.2 Å². The predicted octanol–water partition coefficient (Wildman–Crippen LogP) is 5.58. The number of nitrogens with zero attached hydrogens (tertiary/aromatic N) is 3. The van der Waals surface area contributed by atoms with Crippen molar-refractivity contribution in [3.8, 4) is 0 Å². The van der Waals surface area contributed by atoms with Gasteiger partial charge < -0.3 is 0 Å². The first-order valence-corrected chi connectivity index (χ1v) is 16.2. The lowest BCUT2D eigenvalue weighted by Crippen LogP contribution is -2.55. The van der Waals surface area contributed by atoms with Crippen LogP contribution in [0.1, 0.15) is 34.6 Å². The Morgan fingerprint density at radius 2 is 1.33 bits per heavy atom. The third-order valence-corrected chi connectivity index (χ3v) is 12.4. The number of hydrogen-bond acceptors (Lipinski definition) is 5. The highest BCUT2D eigenvalue weighted by Crippen LogP contribution is 2.66. The molecule has 0 unspecified atom stereocenters. The number of carbonyl (C=O) groups excluding carboxylic acids is 4. The molecule has 2 saturated heterocycles. The number of amides is 4. The maximum atomic E-state index is 14.7. The molecule has 2 heterocycles. The zero-order valence-corrected chi connectivity index (χ0v) is 25.2. The van der Waals surface area contributed by atoms with Gasteiger partial charge in [-0.25, -0.2) is 4.90 Å². The Bertz CT molecular complexity index is 1920. The molecule has 4 fully saturated rings. The average Bonchev–Trinajstić information content (AvgIpc) is 3.78. The van der Waals surface area contributed by atoms with E-state index in [1.165, 1.54) is 11.0 Å². The van der Waals surface area contributed by atoms with Crippen molar-refractivity contribution in [1.82, 2.24) is 5.01 Å². The zero-order chi connectivity index (χ0) is 30.5. The lowest BCUT2D eigenvalue weighted by Gasteiger charge is -2.52. The highest BCUT2D eigenvalue weighted by molar-refractivity contribution is 6.38. The second kappa shape index (κ2) is 8.59. The Morgan fingerprint density at radius 1 is 0.733 bits per heavy atom. The van der Waals surface area contributed by atoms with Crippen molar-refractivity contribution in [3.05, 3.63) is 111 Å². The molecule has 8 atom stereocenters. The molecule has 12 rings (SSSR count). The summed E-state index contributed by atoms with van der Waals surface area (Å²) in [6.45, 7) is 0. The normalized spacial score (nSPS) is 37.7. The second-order valence-corrected chi connectivity index (χ2v) is 14.4. The third-order valence-electron chi connectivity index (χ3n) is 11.9. The van der Waals surface area contributed by atoms with Crippen LogP contribution in [-0.2, 0) is 24.6 Å². The molecule has 0 aromatic heterocycles. The first kappa shape index (κ1) is 26.2. The Balaban J connectivity index is 1.16. The van der Waals surface area contributed by atoms with E-state index in [2.05, 4.69) is 12.2 Å². The molecule has 0 spiro atoms. The summed E-state index contributed by atoms with van der Waals surface area (Å²) in [5.41, 5.74) is 2.64. The standard InChI is InChI=1S/C36H25Cl2N3O4/c37-16-9-12-26(25(38)13-16)40-32(42)30-27-19-5-1-3-7-23(19)36(31(30)35(40)45,24-8-4-2-6-20(24)27)15-39-41-33(43)28-17-10-11-18(22-14-21(17)22)29(28)34(41)44/h1-13,15,17-18,21-22,27-31H,14H2/b39-15-/t17-,18-,21-,22+,27?,28-,29+,30+,31+,36?/m0/s1. The highest BCUT2D eigenvalue weighted by Gasteiger charge is 2.70. The second-order valence-electron chi connectivity index (χ2n) is 13.5. The molecule has 45 heavy (non-hydrogen) atoms. The SMILES string of the molecule is O=C1[C@@H]2[C@H]3C=C[C@@H]([C@@H]4C[C@H]34)[C@@H]2C(=O)N1/N=C\C12c3ccccc3C(c3ccccc31)[C@H]1C(=O)N(c3ccc(Cl)cc3Cl)C(=O)[C@@H]12. The number of imide groups is 2. The first-order chi connectivity index (χ1) is 21.8. The average molecular weight is 635 g/mol. The monoisotopic (exact) mass is 633 g/mol. The topological polar surface area (TPSA) is 87.1 Å². The molecule has 2 aliphatic heterocycles. The van der Waals surface area contributed by atoms with E-state index in [1.807, 2.05) is 48.5 Å². The quantitative estimate of drug-likeness (QED) is 0.214. The van der Waals surface area contributed by atoms with Crippen LogP contribution in [0.25, 0.3) is 0 Å². The van der Waals surface area contributed by atoms with Crippen molar-refractivity contribution in [2.75, 3.05) is 4.90 Å². The van der Waals surface area contributed by atoms with Gasteiger partial charge >= 0.3 is 0 Å². The van der Waals surface area contributed by atoms with Gasteiger partial charge in [-0.15, -0.1) is 0 Å². The summed E-state index contributed by atoms with van der Waals surface area (Å²) in [4.78, 5) is 58.1. The first-order valence-electron chi connectivity index (χ1n) is 15.5. The molecule has 7 aliphatic carbocycles.